The van der Waals surface area contributed by atoms with Gasteiger partial charge in [-0.3, -0.25) is 9.59 Å². The van der Waals surface area contributed by atoms with Crippen LogP contribution in [0.3, 0.4) is 0 Å². The minimum atomic E-state index is -0.0377. The van der Waals surface area contributed by atoms with Crippen molar-refractivity contribution < 1.29 is 18.7 Å². The fourth-order valence-electron chi connectivity index (χ4n) is 4.92. The molecule has 4 rings (SSSR count). The zero-order valence-electron chi connectivity index (χ0n) is 19.7. The molecule has 0 spiro atoms. The molecule has 1 aromatic heterocycles. The molecule has 2 aromatic rings. The van der Waals surface area contributed by atoms with Crippen LogP contribution in [0.2, 0.25) is 0 Å². The van der Waals surface area contributed by atoms with E-state index in [0.717, 1.165) is 63.1 Å². The van der Waals surface area contributed by atoms with Crippen LogP contribution in [-0.4, -0.2) is 54.0 Å². The van der Waals surface area contributed by atoms with E-state index in [9.17, 15) is 9.59 Å². The number of hydrogen-bond acceptors (Lipinski definition) is 4. The van der Waals surface area contributed by atoms with Crippen LogP contribution in [0, 0.1) is 12.8 Å². The number of hydrogen-bond donors (Lipinski definition) is 0. The van der Waals surface area contributed by atoms with E-state index in [4.69, 9.17) is 9.15 Å². The fraction of sp³-hybridized carbons (Fsp3) is 0.556. The lowest BCUT2D eigenvalue weighted by Gasteiger charge is -2.30. The molecule has 1 aliphatic heterocycles. The second-order valence-corrected chi connectivity index (χ2v) is 9.40. The van der Waals surface area contributed by atoms with Crippen LogP contribution in [-0.2, 0) is 27.3 Å². The molecule has 1 aliphatic carbocycles. The average Bonchev–Trinajstić information content (AvgIpc) is 3.60. The highest BCUT2D eigenvalue weighted by Gasteiger charge is 2.32. The Balaban J connectivity index is 1.46. The van der Waals surface area contributed by atoms with Crippen LogP contribution < -0.4 is 0 Å². The third-order valence-electron chi connectivity index (χ3n) is 6.80. The lowest BCUT2D eigenvalue weighted by Crippen LogP contribution is -2.47. The molecule has 0 N–H and O–H groups in total. The van der Waals surface area contributed by atoms with E-state index in [0.29, 0.717) is 19.6 Å². The minimum absolute atomic E-state index is 0.0358. The fourth-order valence-corrected chi connectivity index (χ4v) is 4.92. The van der Waals surface area contributed by atoms with Crippen molar-refractivity contribution in [2.75, 3.05) is 26.2 Å². The van der Waals surface area contributed by atoms with Crippen LogP contribution in [0.15, 0.2) is 46.9 Å². The summed E-state index contributed by atoms with van der Waals surface area (Å²) in [7, 11) is 0. The van der Waals surface area contributed by atoms with Gasteiger partial charge < -0.3 is 19.0 Å². The third-order valence-corrected chi connectivity index (χ3v) is 6.80. The Morgan fingerprint density at radius 2 is 1.76 bits per heavy atom. The van der Waals surface area contributed by atoms with Crippen molar-refractivity contribution in [2.24, 2.45) is 5.92 Å². The molecule has 33 heavy (non-hydrogen) atoms. The topological polar surface area (TPSA) is 63.0 Å². The molecule has 2 aliphatic rings. The molecule has 1 saturated heterocycles. The minimum Gasteiger partial charge on any atom is -0.464 e. The van der Waals surface area contributed by atoms with Gasteiger partial charge in [0.25, 0.3) is 0 Å². The van der Waals surface area contributed by atoms with Crippen molar-refractivity contribution in [3.8, 4) is 0 Å². The standard InChI is InChI=1S/C27H36N2O4/c1-21-13-14-25(33-21)19-28(16-15-22-8-3-2-4-9-22)26(30)20-29(18-24-12-7-17-32-24)27(31)23-10-5-6-11-23/h2-4,8-9,13-14,23-24H,5-7,10-12,15-20H2,1H3/t24-/m1/s1. The predicted octanol–water partition coefficient (Wildman–Crippen LogP) is 4.36. The highest BCUT2D eigenvalue weighted by molar-refractivity contribution is 5.86. The van der Waals surface area contributed by atoms with E-state index in [-0.39, 0.29) is 30.4 Å². The van der Waals surface area contributed by atoms with Gasteiger partial charge in [0.05, 0.1) is 19.2 Å². The van der Waals surface area contributed by atoms with E-state index >= 15 is 0 Å². The summed E-state index contributed by atoms with van der Waals surface area (Å²) in [5, 5.41) is 0. The Bertz CT molecular complexity index is 898. The first-order valence-corrected chi connectivity index (χ1v) is 12.4. The van der Waals surface area contributed by atoms with Crippen molar-refractivity contribution in [2.45, 2.75) is 64.5 Å². The monoisotopic (exact) mass is 452 g/mol. The summed E-state index contributed by atoms with van der Waals surface area (Å²) in [5.74, 6) is 1.72. The zero-order chi connectivity index (χ0) is 23.0. The molecular formula is C27H36N2O4. The van der Waals surface area contributed by atoms with Crippen molar-refractivity contribution in [3.05, 3.63) is 59.5 Å². The van der Waals surface area contributed by atoms with Crippen LogP contribution in [0.1, 0.15) is 55.6 Å². The molecule has 0 bridgehead atoms. The van der Waals surface area contributed by atoms with Crippen molar-refractivity contribution >= 4 is 11.8 Å². The molecule has 178 valence electrons. The Kier molecular flexibility index (Phi) is 8.21. The molecule has 1 aromatic carbocycles. The number of carbonyl (C=O) groups is 2. The van der Waals surface area contributed by atoms with Gasteiger partial charge in [0.1, 0.15) is 11.5 Å². The number of nitrogens with zero attached hydrogens (tertiary/aromatic N) is 2. The molecule has 2 heterocycles. The van der Waals surface area contributed by atoms with Gasteiger partial charge in [-0.25, -0.2) is 0 Å². The molecule has 1 saturated carbocycles. The second-order valence-electron chi connectivity index (χ2n) is 9.40. The summed E-state index contributed by atoms with van der Waals surface area (Å²) in [6, 6.07) is 14.0. The molecule has 2 fully saturated rings. The number of ether oxygens (including phenoxy) is 1. The van der Waals surface area contributed by atoms with Gasteiger partial charge in [-0.1, -0.05) is 43.2 Å². The highest BCUT2D eigenvalue weighted by atomic mass is 16.5. The van der Waals surface area contributed by atoms with Gasteiger partial charge in [0, 0.05) is 25.6 Å². The number of carbonyl (C=O) groups excluding carboxylic acids is 2. The summed E-state index contributed by atoms with van der Waals surface area (Å²) in [6.07, 6.45) is 6.81. The van der Waals surface area contributed by atoms with Crippen LogP contribution in [0.4, 0.5) is 0 Å². The first-order valence-electron chi connectivity index (χ1n) is 12.4. The van der Waals surface area contributed by atoms with E-state index in [1.54, 1.807) is 4.90 Å². The lowest BCUT2D eigenvalue weighted by atomic mass is 10.1. The van der Waals surface area contributed by atoms with Gasteiger partial charge in [-0.15, -0.1) is 0 Å². The number of benzene rings is 1. The number of furan rings is 1. The van der Waals surface area contributed by atoms with E-state index in [1.807, 2.05) is 42.2 Å². The normalized spacial score (nSPS) is 18.5. The summed E-state index contributed by atoms with van der Waals surface area (Å²) in [4.78, 5) is 30.4. The van der Waals surface area contributed by atoms with Gasteiger partial charge >= 0.3 is 0 Å². The maximum atomic E-state index is 13.5. The summed E-state index contributed by atoms with van der Waals surface area (Å²) in [6.45, 7) is 4.24. The van der Waals surface area contributed by atoms with Crippen LogP contribution >= 0.6 is 0 Å². The van der Waals surface area contributed by atoms with Gasteiger partial charge in [-0.05, 0) is 56.7 Å². The Morgan fingerprint density at radius 3 is 2.42 bits per heavy atom. The summed E-state index contributed by atoms with van der Waals surface area (Å²) >= 11 is 0. The SMILES string of the molecule is Cc1ccc(CN(CCc2ccccc2)C(=O)CN(C[C@H]2CCCO2)C(=O)C2CCCC2)o1. The average molecular weight is 453 g/mol. The van der Waals surface area contributed by atoms with Crippen LogP contribution in [0.25, 0.3) is 0 Å². The first-order chi connectivity index (χ1) is 16.1. The summed E-state index contributed by atoms with van der Waals surface area (Å²) < 4.78 is 11.6. The van der Waals surface area contributed by atoms with Crippen molar-refractivity contribution in [3.63, 3.8) is 0 Å². The predicted molar refractivity (Wildman–Crippen MR) is 127 cm³/mol. The lowest BCUT2D eigenvalue weighted by molar-refractivity contribution is -0.144. The number of rotatable bonds is 10. The molecule has 2 amide bonds. The first kappa shape index (κ1) is 23.6. The molecule has 6 nitrogen and oxygen atoms in total. The second kappa shape index (κ2) is 11.5. The summed E-state index contributed by atoms with van der Waals surface area (Å²) in [5.41, 5.74) is 1.18. The highest BCUT2D eigenvalue weighted by Crippen LogP contribution is 2.27. The molecule has 6 heteroatoms. The molecule has 0 radical (unpaired) electrons. The van der Waals surface area contributed by atoms with Crippen molar-refractivity contribution in [1.29, 1.82) is 0 Å². The number of aryl methyl sites for hydroxylation is 1. The van der Waals surface area contributed by atoms with Crippen molar-refractivity contribution in [1.82, 2.24) is 9.80 Å². The van der Waals surface area contributed by atoms with Gasteiger partial charge in [0.15, 0.2) is 0 Å². The maximum Gasteiger partial charge on any atom is 0.242 e. The molecule has 1 atom stereocenters. The molecular weight excluding hydrogens is 416 g/mol. The van der Waals surface area contributed by atoms with E-state index in [1.165, 1.54) is 5.56 Å². The smallest absolute Gasteiger partial charge is 0.242 e. The maximum absolute atomic E-state index is 13.5. The largest absolute Gasteiger partial charge is 0.464 e. The van der Waals surface area contributed by atoms with Gasteiger partial charge in [0.2, 0.25) is 11.8 Å². The van der Waals surface area contributed by atoms with Gasteiger partial charge in [-0.2, -0.15) is 0 Å². The Labute approximate surface area is 196 Å². The number of amides is 2. The third kappa shape index (κ3) is 6.70. The van der Waals surface area contributed by atoms with E-state index < -0.39 is 0 Å². The Morgan fingerprint density at radius 1 is 0.970 bits per heavy atom. The Hall–Kier alpha value is -2.60. The zero-order valence-corrected chi connectivity index (χ0v) is 19.7. The van der Waals surface area contributed by atoms with E-state index in [2.05, 4.69) is 12.1 Å². The quantitative estimate of drug-likeness (QED) is 0.537. The molecule has 0 unspecified atom stereocenters. The van der Waals surface area contributed by atoms with Crippen LogP contribution in [0.5, 0.6) is 0 Å².